The van der Waals surface area contributed by atoms with Gasteiger partial charge in [0, 0.05) is 46.0 Å². The highest BCUT2D eigenvalue weighted by Crippen LogP contribution is 2.24. The van der Waals surface area contributed by atoms with Crippen molar-refractivity contribution >= 4 is 28.3 Å². The lowest BCUT2D eigenvalue weighted by Crippen LogP contribution is -2.58. The van der Waals surface area contributed by atoms with E-state index in [2.05, 4.69) is 15.6 Å². The standard InChI is InChI=1S/C13H21F3N6O3S.ClH/c1-21-8-12(19-9-21)26(24,25)20-7-11(23)18-6-10(13(14,15)16)22-4-2-17-3-5-22;/h8-10,17,20H,2-7H2,1H3,(H,18,23);1H. The van der Waals surface area contributed by atoms with E-state index in [0.717, 1.165) is 0 Å². The fourth-order valence-corrected chi connectivity index (χ4v) is 3.44. The molecule has 2 heterocycles. The van der Waals surface area contributed by atoms with Crippen molar-refractivity contribution in [3.63, 3.8) is 0 Å². The number of amides is 1. The van der Waals surface area contributed by atoms with Gasteiger partial charge in [-0.2, -0.15) is 13.2 Å². The topological polar surface area (TPSA) is 108 Å². The molecule has 2 rings (SSSR count). The van der Waals surface area contributed by atoms with E-state index in [9.17, 15) is 26.4 Å². The van der Waals surface area contributed by atoms with Gasteiger partial charge < -0.3 is 15.2 Å². The molecule has 1 aliphatic rings. The summed E-state index contributed by atoms with van der Waals surface area (Å²) in [6, 6.07) is -1.82. The average molecular weight is 435 g/mol. The molecule has 27 heavy (non-hydrogen) atoms. The van der Waals surface area contributed by atoms with Crippen LogP contribution in [0.4, 0.5) is 13.2 Å². The Bertz CT molecular complexity index is 721. The van der Waals surface area contributed by atoms with Crippen molar-refractivity contribution in [2.45, 2.75) is 17.2 Å². The molecule has 9 nitrogen and oxygen atoms in total. The minimum Gasteiger partial charge on any atom is -0.353 e. The molecule has 0 aliphatic carbocycles. The maximum Gasteiger partial charge on any atom is 0.405 e. The summed E-state index contributed by atoms with van der Waals surface area (Å²) in [6.07, 6.45) is -1.99. The second-order valence-corrected chi connectivity index (χ2v) is 7.56. The quantitative estimate of drug-likeness (QED) is 0.512. The largest absolute Gasteiger partial charge is 0.405 e. The number of hydrogen-bond donors (Lipinski definition) is 3. The number of halogens is 4. The summed E-state index contributed by atoms with van der Waals surface area (Å²) in [5.41, 5.74) is 0. The molecule has 0 radical (unpaired) electrons. The first-order valence-electron chi connectivity index (χ1n) is 7.85. The van der Waals surface area contributed by atoms with Gasteiger partial charge in [-0.1, -0.05) is 0 Å². The molecule has 1 aromatic heterocycles. The molecule has 0 saturated carbocycles. The number of rotatable bonds is 7. The van der Waals surface area contributed by atoms with E-state index >= 15 is 0 Å². The van der Waals surface area contributed by atoms with E-state index in [4.69, 9.17) is 0 Å². The highest BCUT2D eigenvalue weighted by Gasteiger charge is 2.43. The number of piperazine rings is 1. The molecule has 0 bridgehead atoms. The summed E-state index contributed by atoms with van der Waals surface area (Å²) in [5, 5.41) is 4.83. The second-order valence-electron chi connectivity index (χ2n) is 5.85. The number of aryl methyl sites for hydroxylation is 1. The molecular formula is C13H22ClF3N6O3S. The zero-order valence-electron chi connectivity index (χ0n) is 14.5. The van der Waals surface area contributed by atoms with Crippen molar-refractivity contribution in [3.05, 3.63) is 12.5 Å². The van der Waals surface area contributed by atoms with Gasteiger partial charge in [0.05, 0.1) is 12.9 Å². The van der Waals surface area contributed by atoms with Crippen LogP contribution in [-0.4, -0.2) is 80.3 Å². The lowest BCUT2D eigenvalue weighted by atomic mass is 10.2. The number of carbonyl (C=O) groups excluding carboxylic acids is 1. The van der Waals surface area contributed by atoms with E-state index < -0.39 is 41.2 Å². The third kappa shape index (κ3) is 6.92. The number of hydrogen-bond acceptors (Lipinski definition) is 6. The Balaban J connectivity index is 0.00000364. The summed E-state index contributed by atoms with van der Waals surface area (Å²) in [5.74, 6) is -0.853. The van der Waals surface area contributed by atoms with Crippen molar-refractivity contribution in [1.82, 2.24) is 29.8 Å². The zero-order chi connectivity index (χ0) is 19.4. The Hall–Kier alpha value is -1.41. The Morgan fingerprint density at radius 2 is 2.00 bits per heavy atom. The van der Waals surface area contributed by atoms with Crippen LogP contribution in [0.15, 0.2) is 17.6 Å². The highest BCUT2D eigenvalue weighted by atomic mass is 35.5. The number of imidazole rings is 1. The van der Waals surface area contributed by atoms with Crippen LogP contribution in [0.25, 0.3) is 0 Å². The molecule has 1 unspecified atom stereocenters. The van der Waals surface area contributed by atoms with Gasteiger partial charge in [-0.3, -0.25) is 9.69 Å². The first kappa shape index (κ1) is 23.6. The molecule has 1 amide bonds. The Kier molecular flexibility index (Phi) is 8.48. The summed E-state index contributed by atoms with van der Waals surface area (Å²) >= 11 is 0. The lowest BCUT2D eigenvalue weighted by molar-refractivity contribution is -0.184. The van der Waals surface area contributed by atoms with Crippen LogP contribution in [0.1, 0.15) is 0 Å². The minimum atomic E-state index is -4.50. The summed E-state index contributed by atoms with van der Waals surface area (Å²) < 4.78 is 66.9. The fourth-order valence-electron chi connectivity index (χ4n) is 2.48. The van der Waals surface area contributed by atoms with Crippen LogP contribution >= 0.6 is 12.4 Å². The third-order valence-electron chi connectivity index (χ3n) is 3.84. The maximum absolute atomic E-state index is 13.2. The van der Waals surface area contributed by atoms with Crippen LogP contribution in [0.2, 0.25) is 0 Å². The van der Waals surface area contributed by atoms with E-state index in [-0.39, 0.29) is 30.5 Å². The van der Waals surface area contributed by atoms with Gasteiger partial charge in [0.15, 0.2) is 5.03 Å². The lowest BCUT2D eigenvalue weighted by Gasteiger charge is -2.35. The van der Waals surface area contributed by atoms with Crippen LogP contribution in [0.5, 0.6) is 0 Å². The first-order valence-corrected chi connectivity index (χ1v) is 9.34. The summed E-state index contributed by atoms with van der Waals surface area (Å²) in [6.45, 7) is -0.0216. The Morgan fingerprint density at radius 3 is 2.52 bits per heavy atom. The van der Waals surface area contributed by atoms with Crippen LogP contribution in [0.3, 0.4) is 0 Å². The Labute approximate surface area is 161 Å². The molecular weight excluding hydrogens is 413 g/mol. The minimum absolute atomic E-state index is 0. The van der Waals surface area contributed by atoms with Gasteiger partial charge in [0.2, 0.25) is 5.91 Å². The van der Waals surface area contributed by atoms with Gasteiger partial charge in [-0.05, 0) is 0 Å². The summed E-state index contributed by atoms with van der Waals surface area (Å²) in [7, 11) is -2.43. The van der Waals surface area contributed by atoms with Crippen LogP contribution in [-0.2, 0) is 21.9 Å². The molecule has 1 aromatic rings. The number of alkyl halides is 3. The van der Waals surface area contributed by atoms with Gasteiger partial charge >= 0.3 is 6.18 Å². The molecule has 3 N–H and O–H groups in total. The number of sulfonamides is 1. The molecule has 0 spiro atoms. The average Bonchev–Trinajstić information content (AvgIpc) is 3.00. The molecule has 1 saturated heterocycles. The van der Waals surface area contributed by atoms with Crippen molar-refractivity contribution < 1.29 is 26.4 Å². The van der Waals surface area contributed by atoms with Gasteiger partial charge in [-0.25, -0.2) is 18.1 Å². The fraction of sp³-hybridized carbons (Fsp3) is 0.692. The SMILES string of the molecule is Cl.Cn1cnc(S(=O)(=O)NCC(=O)NCC(N2CCNCC2)C(F)(F)F)c1. The first-order chi connectivity index (χ1) is 12.1. The Morgan fingerprint density at radius 1 is 1.37 bits per heavy atom. The number of aromatic nitrogens is 2. The van der Waals surface area contributed by atoms with E-state index in [1.165, 1.54) is 22.0 Å². The number of nitrogens with one attached hydrogen (secondary N) is 3. The molecule has 1 fully saturated rings. The predicted molar refractivity (Wildman–Crippen MR) is 92.9 cm³/mol. The molecule has 156 valence electrons. The van der Waals surface area contributed by atoms with Crippen LogP contribution < -0.4 is 15.4 Å². The molecule has 1 aliphatic heterocycles. The van der Waals surface area contributed by atoms with E-state index in [1.54, 1.807) is 7.05 Å². The molecule has 14 heteroatoms. The third-order valence-corrected chi connectivity index (χ3v) is 5.13. The van der Waals surface area contributed by atoms with Gasteiger partial charge in [0.1, 0.15) is 6.04 Å². The highest BCUT2D eigenvalue weighted by molar-refractivity contribution is 7.89. The molecule has 1 atom stereocenters. The number of nitrogens with zero attached hydrogens (tertiary/aromatic N) is 3. The van der Waals surface area contributed by atoms with Crippen molar-refractivity contribution in [1.29, 1.82) is 0 Å². The second kappa shape index (κ2) is 9.68. The van der Waals surface area contributed by atoms with Crippen molar-refractivity contribution in [2.24, 2.45) is 7.05 Å². The number of carbonyl (C=O) groups is 1. The normalized spacial score (nSPS) is 17.2. The maximum atomic E-state index is 13.2. The van der Waals surface area contributed by atoms with Crippen molar-refractivity contribution in [3.8, 4) is 0 Å². The van der Waals surface area contributed by atoms with E-state index in [1.807, 2.05) is 4.72 Å². The van der Waals surface area contributed by atoms with Gasteiger partial charge in [-0.15, -0.1) is 12.4 Å². The van der Waals surface area contributed by atoms with Crippen molar-refractivity contribution in [2.75, 3.05) is 39.3 Å². The summed E-state index contributed by atoms with van der Waals surface area (Å²) in [4.78, 5) is 16.7. The van der Waals surface area contributed by atoms with E-state index in [0.29, 0.717) is 13.1 Å². The molecule has 0 aromatic carbocycles. The smallest absolute Gasteiger partial charge is 0.353 e. The van der Waals surface area contributed by atoms with Gasteiger partial charge in [0.25, 0.3) is 10.0 Å². The predicted octanol–water partition coefficient (Wildman–Crippen LogP) is -0.927. The zero-order valence-corrected chi connectivity index (χ0v) is 16.1. The monoisotopic (exact) mass is 434 g/mol. The van der Waals surface area contributed by atoms with Crippen LogP contribution in [0, 0.1) is 0 Å².